The summed E-state index contributed by atoms with van der Waals surface area (Å²) in [6, 6.07) is 0. The maximum Gasteiger partial charge on any atom is 0.126 e. The number of carbonyl (C=O) groups excluding carboxylic acids is 1. The minimum absolute atomic E-state index is 0.292. The van der Waals surface area contributed by atoms with E-state index in [2.05, 4.69) is 9.88 Å². The molecule has 1 rings (SSSR count). The number of imidazole rings is 1. The molecule has 1 aromatic heterocycles. The summed E-state index contributed by atoms with van der Waals surface area (Å²) in [4.78, 5) is 17.1. The highest BCUT2D eigenvalue weighted by molar-refractivity contribution is 5.58. The Balaban J connectivity index is 2.53. The molecule has 84 valence electrons. The number of aryl methyl sites for hydroxylation is 1. The molecule has 4 nitrogen and oxygen atoms in total. The second-order valence-corrected chi connectivity index (χ2v) is 4.73. The molecule has 0 aliphatic heterocycles. The van der Waals surface area contributed by atoms with E-state index in [1.54, 1.807) is 6.20 Å². The molecule has 0 spiro atoms. The van der Waals surface area contributed by atoms with Crippen molar-refractivity contribution in [1.29, 1.82) is 0 Å². The fourth-order valence-electron chi connectivity index (χ4n) is 1.58. The van der Waals surface area contributed by atoms with Gasteiger partial charge < -0.3 is 9.36 Å². The lowest BCUT2D eigenvalue weighted by atomic mass is 9.95. The van der Waals surface area contributed by atoms with E-state index < -0.39 is 0 Å². The third-order valence-corrected chi connectivity index (χ3v) is 2.33. The molecule has 0 radical (unpaired) electrons. The SMILES string of the molecule is CN(Cc1nccn1C)CC(C)(C)C=O. The summed E-state index contributed by atoms with van der Waals surface area (Å²) in [6.07, 6.45) is 4.71. The Kier molecular flexibility index (Phi) is 3.63. The minimum Gasteiger partial charge on any atom is -0.337 e. The van der Waals surface area contributed by atoms with Crippen molar-refractivity contribution in [3.63, 3.8) is 0 Å². The Morgan fingerprint density at radius 2 is 2.27 bits per heavy atom. The van der Waals surface area contributed by atoms with Crippen molar-refractivity contribution in [3.8, 4) is 0 Å². The lowest BCUT2D eigenvalue weighted by molar-refractivity contribution is -0.115. The quantitative estimate of drug-likeness (QED) is 0.681. The van der Waals surface area contributed by atoms with Crippen LogP contribution >= 0.6 is 0 Å². The standard InChI is InChI=1S/C11H19N3O/c1-11(2,9-15)8-13(3)7-10-12-5-6-14(10)4/h5-6,9H,7-8H2,1-4H3. The van der Waals surface area contributed by atoms with E-state index in [4.69, 9.17) is 0 Å². The minimum atomic E-state index is -0.292. The summed E-state index contributed by atoms with van der Waals surface area (Å²) >= 11 is 0. The molecule has 4 heteroatoms. The van der Waals surface area contributed by atoms with Gasteiger partial charge in [0.1, 0.15) is 12.1 Å². The van der Waals surface area contributed by atoms with E-state index in [-0.39, 0.29) is 5.41 Å². The highest BCUT2D eigenvalue weighted by Gasteiger charge is 2.19. The van der Waals surface area contributed by atoms with E-state index in [0.29, 0.717) is 0 Å². The molecule has 1 aromatic rings. The van der Waals surface area contributed by atoms with Crippen LogP contribution in [0.3, 0.4) is 0 Å². The van der Waals surface area contributed by atoms with Crippen molar-refractivity contribution in [1.82, 2.24) is 14.5 Å². The average Bonchev–Trinajstić information content (AvgIpc) is 2.51. The first kappa shape index (κ1) is 11.9. The van der Waals surface area contributed by atoms with Crippen LogP contribution in [0.1, 0.15) is 19.7 Å². The van der Waals surface area contributed by atoms with Gasteiger partial charge in [0.25, 0.3) is 0 Å². The third-order valence-electron chi connectivity index (χ3n) is 2.33. The Bertz CT molecular complexity index is 330. The molecule has 0 atom stereocenters. The van der Waals surface area contributed by atoms with Crippen LogP contribution in [0.25, 0.3) is 0 Å². The summed E-state index contributed by atoms with van der Waals surface area (Å²) in [5.41, 5.74) is -0.292. The molecule has 0 saturated carbocycles. The number of aromatic nitrogens is 2. The second kappa shape index (κ2) is 4.57. The summed E-state index contributed by atoms with van der Waals surface area (Å²) < 4.78 is 1.99. The second-order valence-electron chi connectivity index (χ2n) is 4.73. The highest BCUT2D eigenvalue weighted by atomic mass is 16.1. The normalized spacial score (nSPS) is 12.1. The van der Waals surface area contributed by atoms with Gasteiger partial charge in [-0.05, 0) is 7.05 Å². The van der Waals surface area contributed by atoms with Crippen molar-refractivity contribution in [2.24, 2.45) is 12.5 Å². The molecule has 0 N–H and O–H groups in total. The van der Waals surface area contributed by atoms with Crippen LogP contribution in [0.15, 0.2) is 12.4 Å². The van der Waals surface area contributed by atoms with Crippen LogP contribution in [0.5, 0.6) is 0 Å². The number of nitrogens with zero attached hydrogens (tertiary/aromatic N) is 3. The topological polar surface area (TPSA) is 38.1 Å². The zero-order valence-electron chi connectivity index (χ0n) is 9.90. The molecular weight excluding hydrogens is 190 g/mol. The smallest absolute Gasteiger partial charge is 0.126 e. The van der Waals surface area contributed by atoms with Gasteiger partial charge in [-0.3, -0.25) is 4.90 Å². The van der Waals surface area contributed by atoms with Crippen molar-refractivity contribution in [2.45, 2.75) is 20.4 Å². The molecule has 0 fully saturated rings. The molecule has 0 aliphatic carbocycles. The zero-order valence-corrected chi connectivity index (χ0v) is 9.90. The first-order chi connectivity index (χ1) is 6.94. The predicted molar refractivity (Wildman–Crippen MR) is 59.4 cm³/mol. The molecular formula is C11H19N3O. The molecule has 0 bridgehead atoms. The van der Waals surface area contributed by atoms with E-state index in [1.807, 2.05) is 38.7 Å². The number of rotatable bonds is 5. The van der Waals surface area contributed by atoms with Gasteiger partial charge in [-0.1, -0.05) is 13.8 Å². The maximum absolute atomic E-state index is 10.8. The first-order valence-corrected chi connectivity index (χ1v) is 5.06. The van der Waals surface area contributed by atoms with Crippen molar-refractivity contribution in [2.75, 3.05) is 13.6 Å². The Hall–Kier alpha value is -1.16. The summed E-state index contributed by atoms with van der Waals surface area (Å²) in [5.74, 6) is 1.01. The monoisotopic (exact) mass is 209 g/mol. The molecule has 0 saturated heterocycles. The van der Waals surface area contributed by atoms with Gasteiger partial charge in [-0.2, -0.15) is 0 Å². The van der Waals surface area contributed by atoms with Crippen LogP contribution in [0.4, 0.5) is 0 Å². The average molecular weight is 209 g/mol. The van der Waals surface area contributed by atoms with E-state index in [9.17, 15) is 4.79 Å². The predicted octanol–water partition coefficient (Wildman–Crippen LogP) is 1.08. The van der Waals surface area contributed by atoms with Gasteiger partial charge in [0.05, 0.1) is 6.54 Å². The van der Waals surface area contributed by atoms with Crippen molar-refractivity contribution < 1.29 is 4.79 Å². The van der Waals surface area contributed by atoms with E-state index in [1.165, 1.54) is 0 Å². The lowest BCUT2D eigenvalue weighted by Crippen LogP contribution is -2.32. The van der Waals surface area contributed by atoms with Crippen molar-refractivity contribution >= 4 is 6.29 Å². The fraction of sp³-hybridized carbons (Fsp3) is 0.636. The van der Waals surface area contributed by atoms with E-state index >= 15 is 0 Å². The van der Waals surface area contributed by atoms with Crippen LogP contribution in [-0.2, 0) is 18.4 Å². The third kappa shape index (κ3) is 3.47. The van der Waals surface area contributed by atoms with Crippen molar-refractivity contribution in [3.05, 3.63) is 18.2 Å². The van der Waals surface area contributed by atoms with Crippen LogP contribution in [0, 0.1) is 5.41 Å². The van der Waals surface area contributed by atoms with Crippen LogP contribution < -0.4 is 0 Å². The molecule has 0 amide bonds. The van der Waals surface area contributed by atoms with E-state index in [0.717, 1.165) is 25.2 Å². The molecule has 0 aromatic carbocycles. The largest absolute Gasteiger partial charge is 0.337 e. The Morgan fingerprint density at radius 3 is 2.73 bits per heavy atom. The Morgan fingerprint density at radius 1 is 1.60 bits per heavy atom. The molecule has 0 aliphatic rings. The molecule has 15 heavy (non-hydrogen) atoms. The van der Waals surface area contributed by atoms with Gasteiger partial charge in [0.15, 0.2) is 0 Å². The zero-order chi connectivity index (χ0) is 11.5. The summed E-state index contributed by atoms with van der Waals surface area (Å²) in [5, 5.41) is 0. The highest BCUT2D eigenvalue weighted by Crippen LogP contribution is 2.13. The number of aldehydes is 1. The summed E-state index contributed by atoms with van der Waals surface area (Å²) in [6.45, 7) is 5.38. The van der Waals surface area contributed by atoms with Gasteiger partial charge in [-0.15, -0.1) is 0 Å². The number of hydrogen-bond acceptors (Lipinski definition) is 3. The maximum atomic E-state index is 10.8. The van der Waals surface area contributed by atoms with Gasteiger partial charge in [-0.25, -0.2) is 4.98 Å². The number of hydrogen-bond donors (Lipinski definition) is 0. The molecule has 0 unspecified atom stereocenters. The first-order valence-electron chi connectivity index (χ1n) is 5.06. The lowest BCUT2D eigenvalue weighted by Gasteiger charge is -2.24. The number of carbonyl (C=O) groups is 1. The van der Waals surface area contributed by atoms with Gasteiger partial charge >= 0.3 is 0 Å². The molecule has 1 heterocycles. The van der Waals surface area contributed by atoms with Gasteiger partial charge in [0, 0.05) is 31.4 Å². The Labute approximate surface area is 90.9 Å². The van der Waals surface area contributed by atoms with Crippen LogP contribution in [-0.4, -0.2) is 34.3 Å². The fourth-order valence-corrected chi connectivity index (χ4v) is 1.58. The van der Waals surface area contributed by atoms with Crippen LogP contribution in [0.2, 0.25) is 0 Å². The van der Waals surface area contributed by atoms with Gasteiger partial charge in [0.2, 0.25) is 0 Å². The summed E-state index contributed by atoms with van der Waals surface area (Å²) in [7, 11) is 3.97.